The van der Waals surface area contributed by atoms with E-state index in [0.29, 0.717) is 18.5 Å². The highest BCUT2D eigenvalue weighted by Crippen LogP contribution is 2.26. The zero-order valence-corrected chi connectivity index (χ0v) is 14.9. The van der Waals surface area contributed by atoms with Gasteiger partial charge in [0, 0.05) is 19.3 Å². The van der Waals surface area contributed by atoms with Crippen molar-refractivity contribution < 1.29 is 14.4 Å². The van der Waals surface area contributed by atoms with Gasteiger partial charge in [0.2, 0.25) is 11.8 Å². The van der Waals surface area contributed by atoms with Gasteiger partial charge in [0.25, 0.3) is 0 Å². The average Bonchev–Trinajstić information content (AvgIpc) is 2.62. The predicted molar refractivity (Wildman–Crippen MR) is 99.3 cm³/mol. The van der Waals surface area contributed by atoms with Gasteiger partial charge in [-0.2, -0.15) is 0 Å². The second-order valence-corrected chi connectivity index (χ2v) is 5.80. The van der Waals surface area contributed by atoms with Crippen LogP contribution in [0, 0.1) is 0 Å². The first-order valence-electron chi connectivity index (χ1n) is 7.85. The highest BCUT2D eigenvalue weighted by molar-refractivity contribution is 6.33. The molecule has 0 aliphatic heterocycles. The minimum atomic E-state index is -0.412. The van der Waals surface area contributed by atoms with Crippen LogP contribution in [0.1, 0.15) is 23.7 Å². The summed E-state index contributed by atoms with van der Waals surface area (Å²) in [5.74, 6) is -0.718. The van der Waals surface area contributed by atoms with Crippen LogP contribution in [0.2, 0.25) is 5.02 Å². The van der Waals surface area contributed by atoms with Crippen LogP contribution >= 0.6 is 11.6 Å². The molecule has 2 aromatic rings. The number of benzene rings is 2. The van der Waals surface area contributed by atoms with Crippen molar-refractivity contribution >= 4 is 41.1 Å². The van der Waals surface area contributed by atoms with Gasteiger partial charge in [-0.25, -0.2) is 0 Å². The van der Waals surface area contributed by atoms with Crippen molar-refractivity contribution in [2.24, 2.45) is 0 Å². The zero-order chi connectivity index (χ0) is 18.4. The summed E-state index contributed by atoms with van der Waals surface area (Å²) in [6.07, 6.45) is 0.301. The van der Waals surface area contributed by atoms with Crippen LogP contribution in [0.5, 0.6) is 0 Å². The number of para-hydroxylation sites is 1. The van der Waals surface area contributed by atoms with E-state index in [2.05, 4.69) is 0 Å². The van der Waals surface area contributed by atoms with Gasteiger partial charge in [-0.15, -0.1) is 0 Å². The molecule has 6 heteroatoms. The van der Waals surface area contributed by atoms with Crippen LogP contribution in [0.3, 0.4) is 0 Å². The summed E-state index contributed by atoms with van der Waals surface area (Å²) in [6, 6.07) is 14.0. The van der Waals surface area contributed by atoms with Crippen LogP contribution < -0.4 is 9.80 Å². The van der Waals surface area contributed by atoms with Gasteiger partial charge >= 0.3 is 0 Å². The lowest BCUT2D eigenvalue weighted by Gasteiger charge is -2.23. The molecule has 0 bridgehead atoms. The number of nitrogens with zero attached hydrogens (tertiary/aromatic N) is 2. The van der Waals surface area contributed by atoms with Crippen molar-refractivity contribution in [1.82, 2.24) is 0 Å². The number of amides is 2. The summed E-state index contributed by atoms with van der Waals surface area (Å²) in [4.78, 5) is 39.1. The zero-order valence-electron chi connectivity index (χ0n) is 14.1. The van der Waals surface area contributed by atoms with Crippen molar-refractivity contribution in [3.63, 3.8) is 0 Å². The first-order valence-corrected chi connectivity index (χ1v) is 8.23. The quantitative estimate of drug-likeness (QED) is 0.586. The first-order chi connectivity index (χ1) is 12.0. The minimum absolute atomic E-state index is 0.225. The molecule has 130 valence electrons. The van der Waals surface area contributed by atoms with Crippen molar-refractivity contribution in [3.8, 4) is 0 Å². The van der Waals surface area contributed by atoms with E-state index < -0.39 is 5.91 Å². The molecule has 0 fully saturated rings. The van der Waals surface area contributed by atoms with Crippen molar-refractivity contribution in [1.29, 1.82) is 0 Å². The number of anilines is 2. The predicted octanol–water partition coefficient (Wildman–Crippen LogP) is 3.56. The van der Waals surface area contributed by atoms with E-state index in [1.165, 1.54) is 11.9 Å². The highest BCUT2D eigenvalue weighted by atomic mass is 35.5. The maximum atomic E-state index is 12.5. The third-order valence-electron chi connectivity index (χ3n) is 3.87. The summed E-state index contributed by atoms with van der Waals surface area (Å²) >= 11 is 5.99. The lowest BCUT2D eigenvalue weighted by molar-refractivity contribution is -0.126. The van der Waals surface area contributed by atoms with Gasteiger partial charge in [0.05, 0.1) is 16.3 Å². The van der Waals surface area contributed by atoms with E-state index in [9.17, 15) is 14.4 Å². The molecule has 0 atom stereocenters. The highest BCUT2D eigenvalue weighted by Gasteiger charge is 2.22. The van der Waals surface area contributed by atoms with Crippen molar-refractivity contribution in [2.75, 3.05) is 23.4 Å². The normalized spacial score (nSPS) is 10.2. The summed E-state index contributed by atoms with van der Waals surface area (Å²) in [5, 5.41) is 0.262. The Balaban J connectivity index is 2.17. The van der Waals surface area contributed by atoms with Gasteiger partial charge in [-0.05, 0) is 31.2 Å². The summed E-state index contributed by atoms with van der Waals surface area (Å²) in [5.41, 5.74) is 1.34. The second-order valence-electron chi connectivity index (χ2n) is 5.39. The number of hydrogen-bond acceptors (Lipinski definition) is 3. The molecule has 0 N–H and O–H groups in total. The molecule has 0 aromatic heterocycles. The third-order valence-corrected chi connectivity index (χ3v) is 4.20. The molecule has 0 saturated heterocycles. The van der Waals surface area contributed by atoms with Gasteiger partial charge in [-0.3, -0.25) is 14.4 Å². The van der Waals surface area contributed by atoms with Gasteiger partial charge in [-0.1, -0.05) is 35.9 Å². The van der Waals surface area contributed by atoms with Crippen LogP contribution in [-0.2, 0) is 9.59 Å². The Bertz CT molecular complexity index is 777. The van der Waals surface area contributed by atoms with Gasteiger partial charge in [0.1, 0.15) is 6.42 Å². The Morgan fingerprint density at radius 2 is 1.72 bits per heavy atom. The van der Waals surface area contributed by atoms with E-state index >= 15 is 0 Å². The molecule has 2 aromatic carbocycles. The second kappa shape index (κ2) is 8.44. The number of carbonyl (C=O) groups excluding carboxylic acids is 3. The molecular formula is C19H19ClN2O3. The van der Waals surface area contributed by atoms with E-state index in [1.54, 1.807) is 23.1 Å². The maximum absolute atomic E-state index is 12.5. The Labute approximate surface area is 151 Å². The fraction of sp³-hybridized carbons (Fsp3) is 0.211. The minimum Gasteiger partial charge on any atom is -0.314 e. The molecule has 25 heavy (non-hydrogen) atoms. The molecule has 0 heterocycles. The Morgan fingerprint density at radius 1 is 1.04 bits per heavy atom. The Morgan fingerprint density at radius 3 is 2.32 bits per heavy atom. The largest absolute Gasteiger partial charge is 0.314 e. The van der Waals surface area contributed by atoms with Crippen LogP contribution in [0.4, 0.5) is 11.4 Å². The molecule has 0 radical (unpaired) electrons. The number of rotatable bonds is 6. The van der Waals surface area contributed by atoms with Crippen LogP contribution in [0.15, 0.2) is 48.5 Å². The summed E-state index contributed by atoms with van der Waals surface area (Å²) < 4.78 is 0. The maximum Gasteiger partial charge on any atom is 0.236 e. The number of hydrogen-bond donors (Lipinski definition) is 0. The van der Waals surface area contributed by atoms with Crippen molar-refractivity contribution in [3.05, 3.63) is 59.1 Å². The SMILES string of the molecule is CCN(C(=O)CC(=O)N(C)c1cccc(Cl)c1C=O)c1ccccc1. The molecule has 2 amide bonds. The topological polar surface area (TPSA) is 57.7 Å². The van der Waals surface area contributed by atoms with Gasteiger partial charge in [0.15, 0.2) is 6.29 Å². The lowest BCUT2D eigenvalue weighted by Crippen LogP contribution is -2.36. The molecule has 2 rings (SSSR count). The Hall–Kier alpha value is -2.66. The fourth-order valence-electron chi connectivity index (χ4n) is 2.52. The van der Waals surface area contributed by atoms with Crippen molar-refractivity contribution in [2.45, 2.75) is 13.3 Å². The molecule has 0 aliphatic rings. The summed E-state index contributed by atoms with van der Waals surface area (Å²) in [6.45, 7) is 2.30. The number of halogens is 1. The average molecular weight is 359 g/mol. The standard InChI is InChI=1S/C19H19ClN2O3/c1-3-22(14-8-5-4-6-9-14)19(25)12-18(24)21(2)17-11-7-10-16(20)15(17)13-23/h4-11,13H,3,12H2,1-2H3. The molecule has 0 aliphatic carbocycles. The molecule has 5 nitrogen and oxygen atoms in total. The molecule has 0 spiro atoms. The molecule has 0 unspecified atom stereocenters. The number of aldehydes is 1. The van der Waals surface area contributed by atoms with Crippen LogP contribution in [0.25, 0.3) is 0 Å². The first kappa shape index (κ1) is 18.7. The fourth-order valence-corrected chi connectivity index (χ4v) is 2.74. The van der Waals surface area contributed by atoms with E-state index in [4.69, 9.17) is 11.6 Å². The van der Waals surface area contributed by atoms with E-state index in [-0.39, 0.29) is 22.9 Å². The third kappa shape index (κ3) is 4.25. The monoisotopic (exact) mass is 358 g/mol. The smallest absolute Gasteiger partial charge is 0.236 e. The molecule has 0 saturated carbocycles. The molecular weight excluding hydrogens is 340 g/mol. The Kier molecular flexibility index (Phi) is 6.31. The van der Waals surface area contributed by atoms with E-state index in [0.717, 1.165) is 5.69 Å². The lowest BCUT2D eigenvalue weighted by atomic mass is 10.1. The van der Waals surface area contributed by atoms with Crippen LogP contribution in [-0.4, -0.2) is 31.7 Å². The number of carbonyl (C=O) groups is 3. The van der Waals surface area contributed by atoms with E-state index in [1.807, 2.05) is 37.3 Å². The van der Waals surface area contributed by atoms with Gasteiger partial charge < -0.3 is 9.80 Å². The summed E-state index contributed by atoms with van der Waals surface area (Å²) in [7, 11) is 1.52.